The van der Waals surface area contributed by atoms with E-state index in [-0.39, 0.29) is 5.69 Å². The fourth-order valence-electron chi connectivity index (χ4n) is 2.98. The second kappa shape index (κ2) is 7.72. The maximum atomic E-state index is 12.9. The number of anilines is 2. The van der Waals surface area contributed by atoms with Crippen LogP contribution in [0.15, 0.2) is 73.1 Å². The molecule has 0 aliphatic heterocycles. The van der Waals surface area contributed by atoms with Gasteiger partial charge in [-0.15, -0.1) is 0 Å². The quantitative estimate of drug-likeness (QED) is 0.398. The van der Waals surface area contributed by atoms with Crippen molar-refractivity contribution in [1.82, 2.24) is 9.55 Å². The van der Waals surface area contributed by atoms with Crippen LogP contribution in [0.1, 0.15) is 5.56 Å². The molecule has 0 unspecified atom stereocenters. The van der Waals surface area contributed by atoms with Gasteiger partial charge in [0.2, 0.25) is 0 Å². The van der Waals surface area contributed by atoms with E-state index < -0.39 is 22.8 Å². The van der Waals surface area contributed by atoms with Crippen LogP contribution in [0.3, 0.4) is 0 Å². The first-order valence-corrected chi connectivity index (χ1v) is 9.16. The molecular weight excluding hydrogens is 417 g/mol. The number of halogens is 4. The predicted molar refractivity (Wildman–Crippen MR) is 110 cm³/mol. The Morgan fingerprint density at radius 3 is 2.33 bits per heavy atom. The lowest BCUT2D eigenvalue weighted by atomic mass is 10.2. The zero-order valence-corrected chi connectivity index (χ0v) is 16.0. The largest absolute Gasteiger partial charge is 0.417 e. The van der Waals surface area contributed by atoms with E-state index in [1.165, 1.54) is 6.07 Å². The normalized spacial score (nSPS) is 11.5. The van der Waals surface area contributed by atoms with Crippen LogP contribution in [-0.2, 0) is 6.18 Å². The van der Waals surface area contributed by atoms with E-state index in [0.29, 0.717) is 5.69 Å². The molecule has 0 bridgehead atoms. The van der Waals surface area contributed by atoms with Crippen molar-refractivity contribution in [3.8, 4) is 5.69 Å². The fraction of sp³-hybridized carbons (Fsp3) is 0.0476. The molecule has 152 valence electrons. The van der Waals surface area contributed by atoms with Crippen LogP contribution in [0.4, 0.5) is 29.3 Å². The molecule has 1 aromatic heterocycles. The summed E-state index contributed by atoms with van der Waals surface area (Å²) in [6.45, 7) is 0. The number of para-hydroxylation sites is 2. The van der Waals surface area contributed by atoms with E-state index in [9.17, 15) is 18.0 Å². The number of nitrogens with zero attached hydrogens (tertiary/aromatic N) is 2. The van der Waals surface area contributed by atoms with Crippen LogP contribution < -0.4 is 10.6 Å². The number of alkyl halides is 3. The molecule has 9 heteroatoms. The van der Waals surface area contributed by atoms with E-state index in [4.69, 9.17) is 11.6 Å². The van der Waals surface area contributed by atoms with Gasteiger partial charge in [0.15, 0.2) is 0 Å². The summed E-state index contributed by atoms with van der Waals surface area (Å²) in [7, 11) is 0. The third kappa shape index (κ3) is 4.08. The number of hydrogen-bond acceptors (Lipinski definition) is 2. The molecule has 0 radical (unpaired) electrons. The average Bonchev–Trinajstić information content (AvgIpc) is 3.13. The Balaban J connectivity index is 1.47. The number of imidazole rings is 1. The Labute approximate surface area is 174 Å². The Bertz CT molecular complexity index is 1220. The van der Waals surface area contributed by atoms with Gasteiger partial charge in [0.1, 0.15) is 6.33 Å². The lowest BCUT2D eigenvalue weighted by molar-refractivity contribution is -0.137. The van der Waals surface area contributed by atoms with Crippen LogP contribution in [0.25, 0.3) is 16.7 Å². The lowest BCUT2D eigenvalue weighted by Crippen LogP contribution is -2.20. The number of fused-ring (bicyclic) bond motifs is 1. The molecular formula is C21H14ClF3N4O. The van der Waals surface area contributed by atoms with Crippen LogP contribution in [0.5, 0.6) is 0 Å². The molecule has 30 heavy (non-hydrogen) atoms. The summed E-state index contributed by atoms with van der Waals surface area (Å²) in [5.74, 6) is 0. The molecule has 2 N–H and O–H groups in total. The van der Waals surface area contributed by atoms with Gasteiger partial charge >= 0.3 is 12.2 Å². The molecule has 1 heterocycles. The van der Waals surface area contributed by atoms with Gasteiger partial charge in [-0.1, -0.05) is 23.7 Å². The summed E-state index contributed by atoms with van der Waals surface area (Å²) in [6.07, 6.45) is -2.91. The summed E-state index contributed by atoms with van der Waals surface area (Å²) < 4.78 is 40.7. The maximum Gasteiger partial charge on any atom is 0.417 e. The molecule has 0 saturated carbocycles. The summed E-state index contributed by atoms with van der Waals surface area (Å²) in [5.41, 5.74) is 2.09. The highest BCUT2D eigenvalue weighted by Gasteiger charge is 2.33. The minimum Gasteiger partial charge on any atom is -0.308 e. The number of benzene rings is 3. The van der Waals surface area contributed by atoms with E-state index in [0.717, 1.165) is 28.9 Å². The molecule has 3 aromatic carbocycles. The smallest absolute Gasteiger partial charge is 0.308 e. The minimum absolute atomic E-state index is 0.0225. The summed E-state index contributed by atoms with van der Waals surface area (Å²) in [4.78, 5) is 16.5. The first-order valence-electron chi connectivity index (χ1n) is 8.78. The average molecular weight is 431 g/mol. The van der Waals surface area contributed by atoms with Crippen molar-refractivity contribution < 1.29 is 18.0 Å². The monoisotopic (exact) mass is 430 g/mol. The predicted octanol–water partition coefficient (Wildman–Crippen LogP) is 6.34. The van der Waals surface area contributed by atoms with Crippen molar-refractivity contribution in [2.24, 2.45) is 0 Å². The fourth-order valence-corrected chi connectivity index (χ4v) is 3.21. The standard InChI is InChI=1S/C21H14ClF3N4O/c22-17-10-7-14(11-16(17)21(23,24)25)28-20(30)27-13-5-8-15(9-6-13)29-12-26-18-3-1-2-4-19(18)29/h1-12H,(H2,27,28,30). The number of urea groups is 1. The molecule has 4 rings (SSSR count). The van der Waals surface area contributed by atoms with Gasteiger partial charge in [-0.25, -0.2) is 9.78 Å². The number of amides is 2. The molecule has 0 fully saturated rings. The second-order valence-corrected chi connectivity index (χ2v) is 6.83. The van der Waals surface area contributed by atoms with Crippen molar-refractivity contribution in [3.05, 3.63) is 83.6 Å². The third-order valence-electron chi connectivity index (χ3n) is 4.39. The van der Waals surface area contributed by atoms with E-state index in [2.05, 4.69) is 15.6 Å². The molecule has 0 saturated heterocycles. The van der Waals surface area contributed by atoms with E-state index in [1.807, 2.05) is 28.8 Å². The summed E-state index contributed by atoms with van der Waals surface area (Å²) >= 11 is 5.59. The highest BCUT2D eigenvalue weighted by atomic mass is 35.5. The third-order valence-corrected chi connectivity index (χ3v) is 4.72. The van der Waals surface area contributed by atoms with Gasteiger partial charge in [0, 0.05) is 17.1 Å². The van der Waals surface area contributed by atoms with Gasteiger partial charge in [0.25, 0.3) is 0 Å². The maximum absolute atomic E-state index is 12.9. The van der Waals surface area contributed by atoms with Crippen LogP contribution in [-0.4, -0.2) is 15.6 Å². The highest BCUT2D eigenvalue weighted by molar-refractivity contribution is 6.31. The molecule has 4 aromatic rings. The molecule has 0 atom stereocenters. The topological polar surface area (TPSA) is 59.0 Å². The summed E-state index contributed by atoms with van der Waals surface area (Å²) in [5, 5.41) is 4.52. The van der Waals surface area contributed by atoms with Crippen molar-refractivity contribution in [3.63, 3.8) is 0 Å². The number of carbonyl (C=O) groups excluding carboxylic acids is 1. The minimum atomic E-state index is -4.61. The zero-order valence-electron chi connectivity index (χ0n) is 15.2. The Morgan fingerprint density at radius 2 is 1.60 bits per heavy atom. The lowest BCUT2D eigenvalue weighted by Gasteiger charge is -2.12. The van der Waals surface area contributed by atoms with Crippen molar-refractivity contribution >= 4 is 40.0 Å². The van der Waals surface area contributed by atoms with Crippen molar-refractivity contribution in [2.45, 2.75) is 6.18 Å². The van der Waals surface area contributed by atoms with Gasteiger partial charge in [-0.2, -0.15) is 13.2 Å². The van der Waals surface area contributed by atoms with Gasteiger partial charge in [-0.3, -0.25) is 4.57 Å². The molecule has 2 amide bonds. The summed E-state index contributed by atoms with van der Waals surface area (Å²) in [6, 6.07) is 17.2. The first-order chi connectivity index (χ1) is 14.3. The van der Waals surface area contributed by atoms with Crippen molar-refractivity contribution in [1.29, 1.82) is 0 Å². The second-order valence-electron chi connectivity index (χ2n) is 6.42. The van der Waals surface area contributed by atoms with Gasteiger partial charge in [-0.05, 0) is 54.6 Å². The Kier molecular flexibility index (Phi) is 5.09. The van der Waals surface area contributed by atoms with Crippen molar-refractivity contribution in [2.75, 3.05) is 10.6 Å². The number of hydrogen-bond donors (Lipinski definition) is 2. The number of aromatic nitrogens is 2. The van der Waals surface area contributed by atoms with E-state index in [1.54, 1.807) is 30.6 Å². The number of carbonyl (C=O) groups is 1. The van der Waals surface area contributed by atoms with Crippen LogP contribution in [0, 0.1) is 0 Å². The Morgan fingerprint density at radius 1 is 0.933 bits per heavy atom. The van der Waals surface area contributed by atoms with Gasteiger partial charge < -0.3 is 10.6 Å². The van der Waals surface area contributed by atoms with Crippen LogP contribution in [0.2, 0.25) is 5.02 Å². The molecule has 5 nitrogen and oxygen atoms in total. The van der Waals surface area contributed by atoms with E-state index >= 15 is 0 Å². The first kappa shape index (κ1) is 19.8. The molecule has 0 spiro atoms. The zero-order chi connectivity index (χ0) is 21.3. The molecule has 0 aliphatic rings. The Hall–Kier alpha value is -3.52. The number of rotatable bonds is 3. The SMILES string of the molecule is O=C(Nc1ccc(-n2cnc3ccccc32)cc1)Nc1ccc(Cl)c(C(F)(F)F)c1. The number of nitrogens with one attached hydrogen (secondary N) is 2. The van der Waals surface area contributed by atoms with Gasteiger partial charge in [0.05, 0.1) is 21.6 Å². The van der Waals surface area contributed by atoms with Crippen LogP contribution >= 0.6 is 11.6 Å². The highest BCUT2D eigenvalue weighted by Crippen LogP contribution is 2.36. The molecule has 0 aliphatic carbocycles.